The largest absolute Gasteiger partial charge is 0.338 e. The second-order valence-electron chi connectivity index (χ2n) is 6.97. The van der Waals surface area contributed by atoms with Gasteiger partial charge in [-0.05, 0) is 23.8 Å². The molecule has 0 unspecified atom stereocenters. The van der Waals surface area contributed by atoms with Crippen molar-refractivity contribution in [1.29, 1.82) is 0 Å². The number of benzene rings is 2. The van der Waals surface area contributed by atoms with Crippen LogP contribution in [0.4, 0.5) is 5.69 Å². The second-order valence-corrected chi connectivity index (χ2v) is 9.12. The van der Waals surface area contributed by atoms with E-state index >= 15 is 0 Å². The number of rotatable bonds is 6. The first kappa shape index (κ1) is 20.0. The summed E-state index contributed by atoms with van der Waals surface area (Å²) in [4.78, 5) is 26.6. The molecule has 0 radical (unpaired) electrons. The van der Waals surface area contributed by atoms with Crippen molar-refractivity contribution in [3.8, 4) is 0 Å². The van der Waals surface area contributed by atoms with E-state index in [2.05, 4.69) is 5.32 Å². The van der Waals surface area contributed by atoms with Crippen LogP contribution in [-0.4, -0.2) is 50.1 Å². The predicted molar refractivity (Wildman–Crippen MR) is 106 cm³/mol. The van der Waals surface area contributed by atoms with E-state index in [1.54, 1.807) is 17.0 Å². The predicted octanol–water partition coefficient (Wildman–Crippen LogP) is 1.92. The van der Waals surface area contributed by atoms with Gasteiger partial charge in [0.05, 0.1) is 10.8 Å². The molecule has 7 nitrogen and oxygen atoms in total. The number of anilines is 1. The number of carbonyl (C=O) groups excluding carboxylic acids is 2. The summed E-state index contributed by atoms with van der Waals surface area (Å²) in [5.41, 5.74) is 1.40. The highest BCUT2D eigenvalue weighted by atomic mass is 32.2. The molecule has 28 heavy (non-hydrogen) atoms. The van der Waals surface area contributed by atoms with Gasteiger partial charge in [-0.1, -0.05) is 36.4 Å². The number of carbonyl (C=O) groups is 2. The van der Waals surface area contributed by atoms with E-state index in [1.165, 1.54) is 26.2 Å². The van der Waals surface area contributed by atoms with E-state index in [9.17, 15) is 18.0 Å². The number of nitrogens with zero attached hydrogens (tertiary/aromatic N) is 2. The van der Waals surface area contributed by atoms with Crippen molar-refractivity contribution in [3.63, 3.8) is 0 Å². The fraction of sp³-hybridized carbons (Fsp3) is 0.300. The third-order valence-electron chi connectivity index (χ3n) is 4.68. The Morgan fingerprint density at radius 1 is 1.14 bits per heavy atom. The lowest BCUT2D eigenvalue weighted by Crippen LogP contribution is -2.28. The van der Waals surface area contributed by atoms with Gasteiger partial charge in [0.2, 0.25) is 21.8 Å². The molecule has 1 aliphatic heterocycles. The summed E-state index contributed by atoms with van der Waals surface area (Å²) in [6.45, 7) is 0.815. The summed E-state index contributed by atoms with van der Waals surface area (Å²) in [6, 6.07) is 15.7. The van der Waals surface area contributed by atoms with Crippen LogP contribution in [0.15, 0.2) is 59.5 Å². The first-order valence-electron chi connectivity index (χ1n) is 8.92. The molecular weight excluding hydrogens is 378 g/mol. The van der Waals surface area contributed by atoms with Crippen molar-refractivity contribution < 1.29 is 18.0 Å². The first-order chi connectivity index (χ1) is 13.3. The van der Waals surface area contributed by atoms with Crippen LogP contribution >= 0.6 is 0 Å². The third kappa shape index (κ3) is 4.40. The van der Waals surface area contributed by atoms with Crippen LogP contribution in [0.2, 0.25) is 0 Å². The SMILES string of the molecule is CN(C)S(=O)(=O)c1cccc(NC(=O)[C@H]2CC(=O)N(Cc3ccccc3)C2)c1. The highest BCUT2D eigenvalue weighted by molar-refractivity contribution is 7.89. The minimum absolute atomic E-state index is 0.0621. The molecule has 0 bridgehead atoms. The van der Waals surface area contributed by atoms with Gasteiger partial charge in [-0.3, -0.25) is 9.59 Å². The Kier molecular flexibility index (Phi) is 5.81. The van der Waals surface area contributed by atoms with E-state index in [0.717, 1.165) is 9.87 Å². The van der Waals surface area contributed by atoms with Crippen LogP contribution in [-0.2, 0) is 26.2 Å². The van der Waals surface area contributed by atoms with Crippen LogP contribution in [0.25, 0.3) is 0 Å². The fourth-order valence-electron chi connectivity index (χ4n) is 3.09. The maximum absolute atomic E-state index is 12.6. The lowest BCUT2D eigenvalue weighted by atomic mass is 10.1. The molecule has 1 N–H and O–H groups in total. The molecule has 0 aromatic heterocycles. The van der Waals surface area contributed by atoms with Crippen LogP contribution in [0.3, 0.4) is 0 Å². The highest BCUT2D eigenvalue weighted by Gasteiger charge is 2.34. The van der Waals surface area contributed by atoms with Gasteiger partial charge in [0.1, 0.15) is 0 Å². The number of nitrogens with one attached hydrogen (secondary N) is 1. The maximum Gasteiger partial charge on any atom is 0.242 e. The van der Waals surface area contributed by atoms with Crippen molar-refractivity contribution in [2.75, 3.05) is 26.0 Å². The fourth-order valence-corrected chi connectivity index (χ4v) is 4.04. The van der Waals surface area contributed by atoms with E-state index < -0.39 is 15.9 Å². The Bertz CT molecular complexity index is 974. The molecule has 2 aromatic rings. The minimum atomic E-state index is -3.59. The van der Waals surface area contributed by atoms with Gasteiger partial charge in [0.15, 0.2) is 0 Å². The third-order valence-corrected chi connectivity index (χ3v) is 6.49. The highest BCUT2D eigenvalue weighted by Crippen LogP contribution is 2.23. The molecule has 0 aliphatic carbocycles. The molecule has 0 spiro atoms. The standard InChI is InChI=1S/C20H23N3O4S/c1-22(2)28(26,27)18-10-6-9-17(12-18)21-20(25)16-11-19(24)23(14-16)13-15-7-4-3-5-8-15/h3-10,12,16H,11,13-14H2,1-2H3,(H,21,25)/t16-/m0/s1. The molecular formula is C20H23N3O4S. The summed E-state index contributed by atoms with van der Waals surface area (Å²) in [7, 11) is -0.686. The molecule has 1 fully saturated rings. The zero-order chi connectivity index (χ0) is 20.3. The molecule has 3 rings (SSSR count). The monoisotopic (exact) mass is 401 g/mol. The smallest absolute Gasteiger partial charge is 0.242 e. The molecule has 2 aromatic carbocycles. The van der Waals surface area contributed by atoms with Crippen molar-refractivity contribution in [3.05, 3.63) is 60.2 Å². The van der Waals surface area contributed by atoms with Gasteiger partial charge in [-0.2, -0.15) is 0 Å². The molecule has 1 aliphatic rings. The van der Waals surface area contributed by atoms with Crippen molar-refractivity contribution in [2.45, 2.75) is 17.9 Å². The number of amides is 2. The van der Waals surface area contributed by atoms with Crippen molar-refractivity contribution in [1.82, 2.24) is 9.21 Å². The first-order valence-corrected chi connectivity index (χ1v) is 10.4. The van der Waals surface area contributed by atoms with Crippen molar-refractivity contribution >= 4 is 27.5 Å². The zero-order valence-electron chi connectivity index (χ0n) is 15.8. The van der Waals surface area contributed by atoms with E-state index in [1.807, 2.05) is 30.3 Å². The van der Waals surface area contributed by atoms with Gasteiger partial charge in [-0.25, -0.2) is 12.7 Å². The van der Waals surface area contributed by atoms with Crippen LogP contribution in [0.5, 0.6) is 0 Å². The molecule has 1 heterocycles. The topological polar surface area (TPSA) is 86.8 Å². The Labute approximate surface area is 165 Å². The van der Waals surface area contributed by atoms with Gasteiger partial charge >= 0.3 is 0 Å². The minimum Gasteiger partial charge on any atom is -0.338 e. The Hall–Kier alpha value is -2.71. The second kappa shape index (κ2) is 8.12. The summed E-state index contributed by atoms with van der Waals surface area (Å²) >= 11 is 0. The molecule has 2 amide bonds. The number of hydrogen-bond acceptors (Lipinski definition) is 4. The average Bonchev–Trinajstić information content (AvgIpc) is 3.03. The quantitative estimate of drug-likeness (QED) is 0.801. The molecule has 8 heteroatoms. The van der Waals surface area contributed by atoms with Gasteiger partial charge in [0.25, 0.3) is 0 Å². The normalized spacial score (nSPS) is 17.2. The van der Waals surface area contributed by atoms with Crippen LogP contribution < -0.4 is 5.32 Å². The summed E-state index contributed by atoms with van der Waals surface area (Å²) < 4.78 is 25.6. The molecule has 148 valence electrons. The lowest BCUT2D eigenvalue weighted by Gasteiger charge is -2.17. The summed E-state index contributed by atoms with van der Waals surface area (Å²) in [5.74, 6) is -0.818. The number of hydrogen-bond donors (Lipinski definition) is 1. The number of likely N-dealkylation sites (tertiary alicyclic amines) is 1. The van der Waals surface area contributed by atoms with Gasteiger partial charge in [0, 0.05) is 39.3 Å². The van der Waals surface area contributed by atoms with E-state index in [0.29, 0.717) is 18.8 Å². The number of sulfonamides is 1. The molecule has 1 atom stereocenters. The molecule has 0 saturated carbocycles. The molecule has 1 saturated heterocycles. The summed E-state index contributed by atoms with van der Waals surface area (Å²) in [6.07, 6.45) is 0.147. The Morgan fingerprint density at radius 3 is 2.54 bits per heavy atom. The van der Waals surface area contributed by atoms with Gasteiger partial charge in [-0.15, -0.1) is 0 Å². The van der Waals surface area contributed by atoms with Crippen molar-refractivity contribution in [2.24, 2.45) is 5.92 Å². The Morgan fingerprint density at radius 2 is 1.86 bits per heavy atom. The zero-order valence-corrected chi connectivity index (χ0v) is 16.6. The maximum atomic E-state index is 12.6. The van der Waals surface area contributed by atoms with E-state index in [4.69, 9.17) is 0 Å². The average molecular weight is 401 g/mol. The Balaban J connectivity index is 1.66. The summed E-state index contributed by atoms with van der Waals surface area (Å²) in [5, 5.41) is 2.74. The van der Waals surface area contributed by atoms with Crippen LogP contribution in [0, 0.1) is 5.92 Å². The van der Waals surface area contributed by atoms with Gasteiger partial charge < -0.3 is 10.2 Å². The van der Waals surface area contributed by atoms with E-state index in [-0.39, 0.29) is 23.1 Å². The lowest BCUT2D eigenvalue weighted by molar-refractivity contribution is -0.128. The van der Waals surface area contributed by atoms with Crippen LogP contribution in [0.1, 0.15) is 12.0 Å².